The van der Waals surface area contributed by atoms with E-state index in [4.69, 9.17) is 9.72 Å². The van der Waals surface area contributed by atoms with Crippen LogP contribution in [0, 0.1) is 0 Å². The molecule has 6 heteroatoms. The average molecular weight is 437 g/mol. The zero-order chi connectivity index (χ0) is 22.8. The van der Waals surface area contributed by atoms with Gasteiger partial charge in [-0.2, -0.15) is 0 Å². The minimum atomic E-state index is -0.254. The van der Waals surface area contributed by atoms with Gasteiger partial charge in [-0.05, 0) is 67.3 Å². The van der Waals surface area contributed by atoms with Gasteiger partial charge in [-0.1, -0.05) is 30.3 Å². The summed E-state index contributed by atoms with van der Waals surface area (Å²) in [6, 6.07) is 21.8. The third kappa shape index (κ3) is 4.03. The normalized spacial score (nSPS) is 12.3. The molecule has 1 aromatic heterocycles. The maximum atomic E-state index is 13.3. The molecule has 1 aliphatic carbocycles. The monoisotopic (exact) mass is 437 g/mol. The first-order valence-corrected chi connectivity index (χ1v) is 10.9. The number of amides is 2. The van der Waals surface area contributed by atoms with E-state index in [1.807, 2.05) is 36.4 Å². The number of benzene rings is 3. The van der Waals surface area contributed by atoms with Crippen LogP contribution in [0.5, 0.6) is 5.75 Å². The molecule has 33 heavy (non-hydrogen) atoms. The average Bonchev–Trinajstić information content (AvgIpc) is 3.31. The van der Waals surface area contributed by atoms with Gasteiger partial charge in [0.25, 0.3) is 11.8 Å². The molecule has 0 saturated heterocycles. The van der Waals surface area contributed by atoms with Crippen LogP contribution >= 0.6 is 0 Å². The van der Waals surface area contributed by atoms with E-state index < -0.39 is 0 Å². The first-order valence-electron chi connectivity index (χ1n) is 10.9. The molecule has 4 aromatic rings. The summed E-state index contributed by atoms with van der Waals surface area (Å²) in [5.41, 5.74) is 5.30. The highest BCUT2D eigenvalue weighted by Crippen LogP contribution is 2.30. The van der Waals surface area contributed by atoms with Crippen molar-refractivity contribution in [2.45, 2.75) is 19.3 Å². The van der Waals surface area contributed by atoms with Crippen molar-refractivity contribution < 1.29 is 14.3 Å². The fourth-order valence-electron chi connectivity index (χ4n) is 4.31. The highest BCUT2D eigenvalue weighted by Gasteiger charge is 2.23. The summed E-state index contributed by atoms with van der Waals surface area (Å²) in [5, 5.41) is 6.71. The van der Waals surface area contributed by atoms with Gasteiger partial charge in [-0.25, -0.2) is 0 Å². The van der Waals surface area contributed by atoms with Crippen molar-refractivity contribution in [3.05, 3.63) is 95.2 Å². The zero-order valence-electron chi connectivity index (χ0n) is 18.2. The second-order valence-corrected chi connectivity index (χ2v) is 7.97. The summed E-state index contributed by atoms with van der Waals surface area (Å²) in [6.07, 6.45) is 2.77. The highest BCUT2D eigenvalue weighted by atomic mass is 16.5. The SMILES string of the molecule is COc1ccccc1NC(=O)c1ccc(NC(=O)c2c3c(nc4ccccc24)CCC3)cc1. The quantitative estimate of drug-likeness (QED) is 0.448. The third-order valence-corrected chi connectivity index (χ3v) is 5.91. The molecule has 2 N–H and O–H groups in total. The van der Waals surface area contributed by atoms with Gasteiger partial charge in [0.1, 0.15) is 5.75 Å². The van der Waals surface area contributed by atoms with E-state index in [-0.39, 0.29) is 11.8 Å². The Morgan fingerprint density at radius 2 is 1.61 bits per heavy atom. The lowest BCUT2D eigenvalue weighted by Gasteiger charge is -2.13. The van der Waals surface area contributed by atoms with E-state index >= 15 is 0 Å². The van der Waals surface area contributed by atoms with E-state index in [1.54, 1.807) is 43.5 Å². The van der Waals surface area contributed by atoms with Crippen LogP contribution < -0.4 is 15.4 Å². The van der Waals surface area contributed by atoms with Gasteiger partial charge >= 0.3 is 0 Å². The van der Waals surface area contributed by atoms with Gasteiger partial charge in [0.15, 0.2) is 0 Å². The Hall–Kier alpha value is -4.19. The smallest absolute Gasteiger partial charge is 0.256 e. The molecule has 1 heterocycles. The minimum absolute atomic E-state index is 0.155. The molecule has 0 fully saturated rings. The van der Waals surface area contributed by atoms with Gasteiger partial charge in [0.2, 0.25) is 0 Å². The van der Waals surface area contributed by atoms with Crippen molar-refractivity contribution >= 4 is 34.1 Å². The standard InChI is InChI=1S/C27H23N3O3/c1-33-24-12-5-4-10-23(24)30-26(31)17-13-15-18(16-14-17)28-27(32)25-19-7-2-3-9-21(19)29-22-11-6-8-20(22)25/h2-5,7,9-10,12-16H,6,8,11H2,1H3,(H,28,32)(H,30,31). The number of hydrogen-bond donors (Lipinski definition) is 2. The number of para-hydroxylation sites is 3. The molecule has 2 amide bonds. The van der Waals surface area contributed by atoms with Crippen molar-refractivity contribution in [1.29, 1.82) is 0 Å². The summed E-state index contributed by atoms with van der Waals surface area (Å²) < 4.78 is 5.28. The number of anilines is 2. The Bertz CT molecular complexity index is 1360. The molecule has 6 nitrogen and oxygen atoms in total. The number of fused-ring (bicyclic) bond motifs is 2. The highest BCUT2D eigenvalue weighted by molar-refractivity contribution is 6.14. The van der Waals surface area contributed by atoms with Gasteiger partial charge in [-0.3, -0.25) is 14.6 Å². The van der Waals surface area contributed by atoms with Crippen LogP contribution in [-0.4, -0.2) is 23.9 Å². The van der Waals surface area contributed by atoms with Crippen molar-refractivity contribution in [1.82, 2.24) is 4.98 Å². The first kappa shape index (κ1) is 20.7. The summed E-state index contributed by atoms with van der Waals surface area (Å²) in [6.45, 7) is 0. The van der Waals surface area contributed by atoms with Crippen LogP contribution in [0.15, 0.2) is 72.8 Å². The van der Waals surface area contributed by atoms with Crippen molar-refractivity contribution in [2.24, 2.45) is 0 Å². The van der Waals surface area contributed by atoms with Crippen LogP contribution in [0.25, 0.3) is 10.9 Å². The van der Waals surface area contributed by atoms with Gasteiger partial charge in [0, 0.05) is 22.3 Å². The number of carbonyl (C=O) groups excluding carboxylic acids is 2. The van der Waals surface area contributed by atoms with Crippen LogP contribution in [0.1, 0.15) is 38.4 Å². The second kappa shape index (κ2) is 8.74. The Balaban J connectivity index is 1.36. The molecule has 0 bridgehead atoms. The lowest BCUT2D eigenvalue weighted by molar-refractivity contribution is 0.102. The number of carbonyl (C=O) groups is 2. The summed E-state index contributed by atoms with van der Waals surface area (Å²) in [7, 11) is 1.56. The Labute approximate surface area is 191 Å². The molecule has 0 spiro atoms. The number of nitrogens with zero attached hydrogens (tertiary/aromatic N) is 1. The lowest BCUT2D eigenvalue weighted by Crippen LogP contribution is -2.16. The van der Waals surface area contributed by atoms with Crippen molar-refractivity contribution in [3.8, 4) is 5.75 Å². The molecular formula is C27H23N3O3. The Kier molecular flexibility index (Phi) is 5.48. The topological polar surface area (TPSA) is 80.3 Å². The number of aryl methyl sites for hydroxylation is 1. The largest absolute Gasteiger partial charge is 0.495 e. The molecule has 5 rings (SSSR count). The maximum absolute atomic E-state index is 13.3. The summed E-state index contributed by atoms with van der Waals surface area (Å²) >= 11 is 0. The molecular weight excluding hydrogens is 414 g/mol. The van der Waals surface area contributed by atoms with Gasteiger partial charge < -0.3 is 15.4 Å². The summed E-state index contributed by atoms with van der Waals surface area (Å²) in [5.74, 6) is 0.181. The molecule has 1 aliphatic rings. The minimum Gasteiger partial charge on any atom is -0.495 e. The number of rotatable bonds is 5. The predicted molar refractivity (Wildman–Crippen MR) is 129 cm³/mol. The first-order chi connectivity index (χ1) is 16.1. The van der Waals surface area contributed by atoms with E-state index in [9.17, 15) is 9.59 Å². The molecule has 3 aromatic carbocycles. The van der Waals surface area contributed by atoms with E-state index in [1.165, 1.54) is 0 Å². The van der Waals surface area contributed by atoms with Gasteiger partial charge in [-0.15, -0.1) is 0 Å². The maximum Gasteiger partial charge on any atom is 0.256 e. The predicted octanol–water partition coefficient (Wildman–Crippen LogP) is 5.24. The number of hydrogen-bond acceptors (Lipinski definition) is 4. The zero-order valence-corrected chi connectivity index (χ0v) is 18.2. The fraction of sp³-hybridized carbons (Fsp3) is 0.148. The molecule has 164 valence electrons. The molecule has 0 unspecified atom stereocenters. The molecule has 0 atom stereocenters. The van der Waals surface area contributed by atoms with Crippen LogP contribution in [0.4, 0.5) is 11.4 Å². The number of nitrogens with one attached hydrogen (secondary N) is 2. The summed E-state index contributed by atoms with van der Waals surface area (Å²) in [4.78, 5) is 30.7. The Morgan fingerprint density at radius 3 is 2.42 bits per heavy atom. The van der Waals surface area contributed by atoms with Crippen LogP contribution in [0.2, 0.25) is 0 Å². The number of ether oxygens (including phenoxy) is 1. The Morgan fingerprint density at radius 1 is 0.848 bits per heavy atom. The second-order valence-electron chi connectivity index (χ2n) is 7.97. The van der Waals surface area contributed by atoms with Crippen LogP contribution in [-0.2, 0) is 12.8 Å². The lowest BCUT2D eigenvalue weighted by atomic mass is 10.0. The number of aromatic nitrogens is 1. The fourth-order valence-corrected chi connectivity index (χ4v) is 4.31. The van der Waals surface area contributed by atoms with E-state index in [2.05, 4.69) is 10.6 Å². The molecule has 0 saturated carbocycles. The van der Waals surface area contributed by atoms with Crippen molar-refractivity contribution in [3.63, 3.8) is 0 Å². The molecule has 0 aliphatic heterocycles. The molecule has 0 radical (unpaired) electrons. The number of methoxy groups -OCH3 is 1. The van der Waals surface area contributed by atoms with Gasteiger partial charge in [0.05, 0.1) is 23.9 Å². The number of pyridine rings is 1. The van der Waals surface area contributed by atoms with Crippen LogP contribution in [0.3, 0.4) is 0 Å². The van der Waals surface area contributed by atoms with Crippen molar-refractivity contribution in [2.75, 3.05) is 17.7 Å². The van der Waals surface area contributed by atoms with E-state index in [0.717, 1.165) is 41.4 Å². The van der Waals surface area contributed by atoms with E-state index in [0.29, 0.717) is 28.3 Å². The third-order valence-electron chi connectivity index (χ3n) is 5.91.